The van der Waals surface area contributed by atoms with Crippen molar-refractivity contribution in [3.05, 3.63) is 7.43 Å². The molecule has 0 fully saturated rings. The van der Waals surface area contributed by atoms with Crippen molar-refractivity contribution < 1.29 is 37.2 Å². The van der Waals surface area contributed by atoms with Crippen molar-refractivity contribution in [1.29, 1.82) is 0 Å². The molecule has 0 heterocycles. The first-order chi connectivity index (χ1) is 0. The summed E-state index contributed by atoms with van der Waals surface area (Å²) in [7, 11) is 0. The van der Waals surface area contributed by atoms with Gasteiger partial charge in [0.15, 0.2) is 0 Å². The molecule has 3 heteroatoms. The van der Waals surface area contributed by atoms with Crippen molar-refractivity contribution >= 4 is 0 Å². The zero-order valence-corrected chi connectivity index (χ0v) is 4.27. The summed E-state index contributed by atoms with van der Waals surface area (Å²) in [6.07, 6.45) is 0. The van der Waals surface area contributed by atoms with Crippen LogP contribution in [0.3, 0.4) is 0 Å². The van der Waals surface area contributed by atoms with E-state index < -0.39 is 0 Å². The largest absolute Gasteiger partial charge is 4.00 e. The van der Waals surface area contributed by atoms with Crippen LogP contribution in [-0.2, 0) is 37.2 Å². The van der Waals surface area contributed by atoms with E-state index in [-0.39, 0.29) is 44.6 Å². The molecule has 0 bridgehead atoms. The molecule has 2 nitrogen and oxygen atoms in total. The third-order valence-electron chi connectivity index (χ3n) is 0. The van der Waals surface area contributed by atoms with Crippen molar-refractivity contribution in [2.24, 2.45) is 0 Å². The smallest absolute Gasteiger partial charge is 2.00 e. The van der Waals surface area contributed by atoms with Crippen LogP contribution in [0.1, 0.15) is 0 Å². The molecule has 4 heavy (non-hydrogen) atoms. The van der Waals surface area contributed by atoms with Crippen LogP contribution in [0.25, 0.3) is 0 Å². The van der Waals surface area contributed by atoms with Gasteiger partial charge in [-0.1, -0.05) is 0 Å². The summed E-state index contributed by atoms with van der Waals surface area (Å²) < 4.78 is 0. The summed E-state index contributed by atoms with van der Waals surface area (Å²) in [6, 6.07) is 0. The van der Waals surface area contributed by atoms with Crippen molar-refractivity contribution in [1.82, 2.24) is 0 Å². The summed E-state index contributed by atoms with van der Waals surface area (Å²) in [5.74, 6) is 0. The normalized spacial score (nSPS) is 0. The molecule has 20 valence electrons. The van der Waals surface area contributed by atoms with Crippen molar-refractivity contribution in [3.63, 3.8) is 0 Å². The molecule has 0 aliphatic carbocycles. The predicted molar refractivity (Wildman–Crippen MR) is 4.62 cm³/mol. The molecule has 0 unspecified atom stereocenters. The van der Waals surface area contributed by atoms with Gasteiger partial charge in [0.25, 0.3) is 0 Å². The van der Waals surface area contributed by atoms with Crippen LogP contribution in [-0.4, -0.2) is 0 Å². The Morgan fingerprint density at radius 3 is 0.750 bits per heavy atom. The van der Waals surface area contributed by atoms with Crippen LogP contribution in [0.4, 0.5) is 0 Å². The monoisotopic (exact) mass is 134 g/mol. The van der Waals surface area contributed by atoms with Crippen LogP contribution in [0, 0.1) is 7.43 Å². The second-order valence-corrected chi connectivity index (χ2v) is 0. The van der Waals surface area contributed by atoms with Gasteiger partial charge in [0.05, 0.1) is 0 Å². The quantitative estimate of drug-likeness (QED) is 0.443. The predicted octanol–water partition coefficient (Wildman–Crippen LogP) is -0.159. The Bertz CT molecular complexity index is 6.00. The van der Waals surface area contributed by atoms with Crippen LogP contribution in [0.2, 0.25) is 0 Å². The zero-order chi connectivity index (χ0) is 0. The summed E-state index contributed by atoms with van der Waals surface area (Å²) in [4.78, 5) is 0. The van der Waals surface area contributed by atoms with Gasteiger partial charge in [0.1, 0.15) is 0 Å². The fourth-order valence-electron chi connectivity index (χ4n) is 0. The van der Waals surface area contributed by atoms with Gasteiger partial charge in [-0.2, -0.15) is 0 Å². The van der Waals surface area contributed by atoms with Gasteiger partial charge in [0.2, 0.25) is 0 Å². The average molecular weight is 135 g/mol. The third-order valence-corrected chi connectivity index (χ3v) is 0. The Hall–Kier alpha value is 0.803. The molecular weight excluding hydrogens is 135 g/mol. The van der Waals surface area contributed by atoms with Gasteiger partial charge < -0.3 is 11.0 Å². The second kappa shape index (κ2) is 46.3. The van der Waals surface area contributed by atoms with E-state index in [9.17, 15) is 0 Å². The van der Waals surface area contributed by atoms with E-state index in [1.165, 1.54) is 0 Å². The van der Waals surface area contributed by atoms with Gasteiger partial charge in [-0.15, -0.1) is 0 Å². The molecule has 0 saturated carbocycles. The van der Waals surface area contributed by atoms with E-state index in [4.69, 9.17) is 0 Å². The molecule has 0 aromatic rings. The molecule has 0 amide bonds. The van der Waals surface area contributed by atoms with Gasteiger partial charge in [0, 0.05) is 7.43 Å². The topological polar surface area (TPSA) is 57.0 Å². The van der Waals surface area contributed by atoms with Crippen LogP contribution < -0.4 is 0 Å². The average Bonchev–Trinajstić information content (AvgIpc) is 0. The number of rotatable bonds is 0. The van der Waals surface area contributed by atoms with Crippen LogP contribution in [0.15, 0.2) is 0 Å². The Morgan fingerprint density at radius 1 is 0.750 bits per heavy atom. The molecule has 0 aliphatic rings. The summed E-state index contributed by atoms with van der Waals surface area (Å²) in [5, 5.41) is 0. The number of hydrogen-bond acceptors (Lipinski definition) is 0. The van der Waals surface area contributed by atoms with E-state index in [0.29, 0.717) is 0 Å². The summed E-state index contributed by atoms with van der Waals surface area (Å²) in [6.45, 7) is 0. The Kier molecular flexibility index (Phi) is 1250. The molecule has 0 N–H and O–H groups in total. The second-order valence-electron chi connectivity index (χ2n) is 0. The molecule has 0 aromatic heterocycles. The van der Waals surface area contributed by atoms with Crippen molar-refractivity contribution in [2.75, 3.05) is 0 Å². The molecule has 4 radical (unpaired) electrons. The maximum Gasteiger partial charge on any atom is 4.00 e. The maximum absolute atomic E-state index is 0. The molecule has 0 aromatic carbocycles. The molecule has 0 aliphatic heterocycles. The fourth-order valence-corrected chi connectivity index (χ4v) is 0. The van der Waals surface area contributed by atoms with Gasteiger partial charge in [-0.05, 0) is 0 Å². The maximum atomic E-state index is 0. The minimum Gasteiger partial charge on any atom is -2.00 e. The molecular formula is CO2Zr. The molecule has 0 saturated heterocycles. The minimum atomic E-state index is 0. The number of hydrogen-bond donors (Lipinski definition) is 0. The van der Waals surface area contributed by atoms with Crippen LogP contribution in [0.5, 0.6) is 0 Å². The van der Waals surface area contributed by atoms with Gasteiger partial charge in [-0.3, -0.25) is 0 Å². The first-order valence-electron chi connectivity index (χ1n) is 0. The Morgan fingerprint density at radius 2 is 0.750 bits per heavy atom. The van der Waals surface area contributed by atoms with E-state index in [0.717, 1.165) is 0 Å². The first kappa shape index (κ1) is 108. The van der Waals surface area contributed by atoms with Crippen molar-refractivity contribution in [2.45, 2.75) is 0 Å². The standard InChI is InChI=1S/C.2O.Zr/q;2*-2;+4. The van der Waals surface area contributed by atoms with E-state index in [2.05, 4.69) is 0 Å². The summed E-state index contributed by atoms with van der Waals surface area (Å²) in [5.41, 5.74) is 0. The Balaban J connectivity index is 0. The van der Waals surface area contributed by atoms with Crippen LogP contribution >= 0.6 is 0 Å². The molecule has 0 spiro atoms. The SMILES string of the molecule is [C].[O-2].[O-2].[Zr+4]. The zero-order valence-electron chi connectivity index (χ0n) is 1.82. The Labute approximate surface area is 44.9 Å². The summed E-state index contributed by atoms with van der Waals surface area (Å²) >= 11 is 0. The van der Waals surface area contributed by atoms with Gasteiger partial charge >= 0.3 is 26.2 Å². The van der Waals surface area contributed by atoms with E-state index >= 15 is 0 Å². The minimum absolute atomic E-state index is 0. The third kappa shape index (κ3) is 14.1. The van der Waals surface area contributed by atoms with E-state index in [1.807, 2.05) is 0 Å². The molecule has 0 atom stereocenters. The van der Waals surface area contributed by atoms with E-state index in [1.54, 1.807) is 0 Å². The van der Waals surface area contributed by atoms with Crippen molar-refractivity contribution in [3.8, 4) is 0 Å². The molecule has 0 rings (SSSR count). The van der Waals surface area contributed by atoms with Gasteiger partial charge in [-0.25, -0.2) is 0 Å². The fraction of sp³-hybridized carbons (Fsp3) is 0. The first-order valence-corrected chi connectivity index (χ1v) is 0.